The Hall–Kier alpha value is -2.47. The van der Waals surface area contributed by atoms with Crippen molar-refractivity contribution in [2.24, 2.45) is 22.9 Å². The van der Waals surface area contributed by atoms with Crippen molar-refractivity contribution in [3.8, 4) is 0 Å². The maximum atomic E-state index is 13.7. The number of nitrogens with zero attached hydrogens (tertiary/aromatic N) is 1. The number of carbonyl (C=O) groups is 1. The Morgan fingerprint density at radius 1 is 1.08 bits per heavy atom. The fraction of sp³-hybridized carbons (Fsp3) is 0.360. The number of anilines is 1. The van der Waals surface area contributed by atoms with Gasteiger partial charge in [-0.2, -0.15) is 0 Å². The van der Waals surface area contributed by atoms with Crippen molar-refractivity contribution in [1.29, 1.82) is 0 Å². The maximum Gasteiger partial charge on any atom is 0.308 e. The van der Waals surface area contributed by atoms with Gasteiger partial charge < -0.3 is 5.32 Å². The van der Waals surface area contributed by atoms with Crippen LogP contribution >= 0.6 is 23.1 Å². The molecule has 2 aromatic carbocycles. The molecular formula is C25H24FN3O4S3. The second-order valence-electron chi connectivity index (χ2n) is 9.76. The monoisotopic (exact) mass is 545 g/mol. The Morgan fingerprint density at radius 2 is 1.78 bits per heavy atom. The standard InChI is InChI=1S/C25H24FN3O4S3/c26-16-5-3-13(4-6-16)20-21-14-1-2-15(11-14)22(21)34-24-23(20)35-25(31)29(24)12-19(30)28-17-7-9-18(10-8-17)36(27,32)33/h3-10,14-15,20-22H,1-2,11-12H2,(H,28,30)(H2,27,32,33)/t14?,15?,20-,21?,22?/m1/s1. The summed E-state index contributed by atoms with van der Waals surface area (Å²) in [6.07, 6.45) is 3.57. The van der Waals surface area contributed by atoms with Crippen molar-refractivity contribution in [3.05, 3.63) is 74.5 Å². The third kappa shape index (κ3) is 4.11. The molecule has 36 heavy (non-hydrogen) atoms. The number of primary sulfonamides is 1. The van der Waals surface area contributed by atoms with Gasteiger partial charge in [0.2, 0.25) is 15.9 Å². The molecule has 1 aliphatic heterocycles. The van der Waals surface area contributed by atoms with Crippen LogP contribution in [0.4, 0.5) is 10.1 Å². The number of hydrogen-bond donors (Lipinski definition) is 2. The molecule has 0 saturated heterocycles. The third-order valence-corrected chi connectivity index (χ3v) is 11.4. The van der Waals surface area contributed by atoms with Gasteiger partial charge in [0, 0.05) is 21.7 Å². The zero-order valence-electron chi connectivity index (χ0n) is 19.1. The van der Waals surface area contributed by atoms with Crippen LogP contribution in [0.3, 0.4) is 0 Å². The summed E-state index contributed by atoms with van der Waals surface area (Å²) in [4.78, 5) is 26.7. The van der Waals surface area contributed by atoms with E-state index in [1.807, 2.05) is 12.1 Å². The number of nitrogens with two attached hydrogens (primary N) is 1. The van der Waals surface area contributed by atoms with Gasteiger partial charge >= 0.3 is 4.87 Å². The lowest BCUT2D eigenvalue weighted by atomic mass is 9.75. The van der Waals surface area contributed by atoms with Crippen LogP contribution in [0.5, 0.6) is 0 Å². The second kappa shape index (κ2) is 8.83. The molecule has 6 rings (SSSR count). The van der Waals surface area contributed by atoms with Crippen LogP contribution in [-0.2, 0) is 21.4 Å². The summed E-state index contributed by atoms with van der Waals surface area (Å²) in [5.74, 6) is 0.961. The van der Waals surface area contributed by atoms with E-state index < -0.39 is 10.0 Å². The molecule has 2 saturated carbocycles. The minimum Gasteiger partial charge on any atom is -0.325 e. The molecule has 4 unspecified atom stereocenters. The molecule has 3 aliphatic rings. The van der Waals surface area contributed by atoms with Gasteiger partial charge in [-0.1, -0.05) is 23.5 Å². The van der Waals surface area contributed by atoms with Crippen LogP contribution in [0.1, 0.15) is 35.6 Å². The zero-order valence-corrected chi connectivity index (χ0v) is 21.5. The first kappa shape index (κ1) is 23.9. The van der Waals surface area contributed by atoms with Gasteiger partial charge in [-0.15, -0.1) is 11.8 Å². The molecule has 2 bridgehead atoms. The Kier molecular flexibility index (Phi) is 5.86. The van der Waals surface area contributed by atoms with E-state index in [4.69, 9.17) is 5.14 Å². The lowest BCUT2D eigenvalue weighted by Gasteiger charge is -2.40. The Bertz CT molecular complexity index is 1500. The van der Waals surface area contributed by atoms with Crippen LogP contribution in [0.25, 0.3) is 0 Å². The summed E-state index contributed by atoms with van der Waals surface area (Å²) in [5.41, 5.74) is 1.43. The lowest BCUT2D eigenvalue weighted by molar-refractivity contribution is -0.116. The fourth-order valence-corrected chi connectivity index (χ4v) is 9.87. The highest BCUT2D eigenvalue weighted by atomic mass is 32.2. The maximum absolute atomic E-state index is 13.7. The van der Waals surface area contributed by atoms with E-state index in [-0.39, 0.29) is 34.0 Å². The number of thioether (sulfide) groups is 1. The number of nitrogens with one attached hydrogen (secondary N) is 1. The predicted octanol–water partition coefficient (Wildman–Crippen LogP) is 3.99. The number of sulfonamides is 1. The van der Waals surface area contributed by atoms with Crippen molar-refractivity contribution >= 4 is 44.7 Å². The van der Waals surface area contributed by atoms with Crippen LogP contribution in [0.2, 0.25) is 0 Å². The van der Waals surface area contributed by atoms with Crippen LogP contribution in [0, 0.1) is 23.6 Å². The van der Waals surface area contributed by atoms with Gasteiger partial charge in [-0.05, 0) is 79.0 Å². The summed E-state index contributed by atoms with van der Waals surface area (Å²) in [5, 5.41) is 9.08. The molecular weight excluding hydrogens is 521 g/mol. The number of carbonyl (C=O) groups excluding carboxylic acids is 1. The minimum atomic E-state index is -3.83. The number of rotatable bonds is 5. The first-order valence-electron chi connectivity index (χ1n) is 11.8. The predicted molar refractivity (Wildman–Crippen MR) is 137 cm³/mol. The van der Waals surface area contributed by atoms with Gasteiger partial charge in [-0.3, -0.25) is 14.2 Å². The SMILES string of the molecule is NS(=O)(=O)c1ccc(NC(=O)Cn2c3c(sc2=O)[C@H](c2ccc(F)cc2)C2C4CCC(C4)C2S3)cc1. The molecule has 0 radical (unpaired) electrons. The number of hydrogen-bond acceptors (Lipinski definition) is 6. The van der Waals surface area contributed by atoms with Gasteiger partial charge in [0.15, 0.2) is 0 Å². The van der Waals surface area contributed by atoms with Gasteiger partial charge in [0.25, 0.3) is 0 Å². The number of amides is 1. The van der Waals surface area contributed by atoms with Crippen molar-refractivity contribution in [2.75, 3.05) is 5.32 Å². The van der Waals surface area contributed by atoms with E-state index in [2.05, 4.69) is 5.32 Å². The Morgan fingerprint density at radius 3 is 2.47 bits per heavy atom. The van der Waals surface area contributed by atoms with Crippen LogP contribution in [-0.4, -0.2) is 24.1 Å². The number of halogens is 1. The summed E-state index contributed by atoms with van der Waals surface area (Å²) in [6.45, 7) is -0.143. The fourth-order valence-electron chi connectivity index (χ4n) is 6.20. The van der Waals surface area contributed by atoms with E-state index in [1.165, 1.54) is 67.0 Å². The van der Waals surface area contributed by atoms with E-state index in [9.17, 15) is 22.4 Å². The molecule has 188 valence electrons. The van der Waals surface area contributed by atoms with E-state index in [1.54, 1.807) is 16.3 Å². The highest BCUT2D eigenvalue weighted by molar-refractivity contribution is 8.00. The van der Waals surface area contributed by atoms with Gasteiger partial charge in [0.05, 0.1) is 9.92 Å². The molecule has 2 heterocycles. The quantitative estimate of drug-likeness (QED) is 0.504. The summed E-state index contributed by atoms with van der Waals surface area (Å²) in [6, 6.07) is 12.2. The lowest BCUT2D eigenvalue weighted by Crippen LogP contribution is -2.34. The molecule has 3 N–H and O–H groups in total. The number of fused-ring (bicyclic) bond motifs is 6. The smallest absolute Gasteiger partial charge is 0.308 e. The third-order valence-electron chi connectivity index (χ3n) is 7.69. The zero-order chi connectivity index (χ0) is 25.2. The van der Waals surface area contributed by atoms with Gasteiger partial charge in [-0.25, -0.2) is 17.9 Å². The molecule has 1 aromatic heterocycles. The first-order valence-corrected chi connectivity index (χ1v) is 15.0. The van der Waals surface area contributed by atoms with Crippen LogP contribution < -0.4 is 15.3 Å². The average molecular weight is 546 g/mol. The van der Waals surface area contributed by atoms with Gasteiger partial charge in [0.1, 0.15) is 12.4 Å². The Balaban J connectivity index is 1.31. The molecule has 11 heteroatoms. The molecule has 7 nitrogen and oxygen atoms in total. The molecule has 2 fully saturated rings. The molecule has 0 spiro atoms. The minimum absolute atomic E-state index is 0.0231. The average Bonchev–Trinajstić information content (AvgIpc) is 3.53. The summed E-state index contributed by atoms with van der Waals surface area (Å²) in [7, 11) is -3.83. The van der Waals surface area contributed by atoms with E-state index >= 15 is 0 Å². The second-order valence-corrected chi connectivity index (χ2v) is 13.5. The van der Waals surface area contributed by atoms with Crippen molar-refractivity contribution < 1.29 is 17.6 Å². The largest absolute Gasteiger partial charge is 0.325 e. The Labute approximate surface area is 216 Å². The summed E-state index contributed by atoms with van der Waals surface area (Å²) >= 11 is 2.92. The topological polar surface area (TPSA) is 111 Å². The number of thiazole rings is 1. The van der Waals surface area contributed by atoms with Crippen molar-refractivity contribution in [2.45, 2.75) is 46.9 Å². The molecule has 5 atom stereocenters. The summed E-state index contributed by atoms with van der Waals surface area (Å²) < 4.78 is 38.2. The van der Waals surface area contributed by atoms with Crippen molar-refractivity contribution in [1.82, 2.24) is 4.57 Å². The van der Waals surface area contributed by atoms with Crippen molar-refractivity contribution in [3.63, 3.8) is 0 Å². The number of aromatic nitrogens is 1. The molecule has 1 amide bonds. The number of benzene rings is 2. The molecule has 2 aliphatic carbocycles. The highest BCUT2D eigenvalue weighted by Crippen LogP contribution is 2.64. The molecule has 3 aromatic rings. The highest BCUT2D eigenvalue weighted by Gasteiger charge is 2.55. The van der Waals surface area contributed by atoms with Crippen LogP contribution in [0.15, 0.2) is 63.2 Å². The first-order chi connectivity index (χ1) is 17.2. The normalized spacial score (nSPS) is 26.4. The van der Waals surface area contributed by atoms with E-state index in [0.29, 0.717) is 28.7 Å². The van der Waals surface area contributed by atoms with E-state index in [0.717, 1.165) is 15.5 Å².